The van der Waals surface area contributed by atoms with Gasteiger partial charge in [0.25, 0.3) is 0 Å². The van der Waals surface area contributed by atoms with E-state index in [9.17, 15) is 9.90 Å². The first-order chi connectivity index (χ1) is 8.34. The normalized spacial score (nSPS) is 25.3. The standard InChI is InChI=1S/C12H15ClN2O3/c1-12(2)7(5-8(12)16)15-10-9(13)6(11(17)18)3-4-14-10/h3-4,7-8,16H,5H2,1-2H3,(H,14,15)(H,17,18). The summed E-state index contributed by atoms with van der Waals surface area (Å²) in [6.07, 6.45) is 1.64. The molecule has 18 heavy (non-hydrogen) atoms. The number of carbonyl (C=O) groups is 1. The van der Waals surface area contributed by atoms with Crippen LogP contribution >= 0.6 is 11.6 Å². The Kier molecular flexibility index (Phi) is 3.21. The Morgan fingerprint density at radius 1 is 1.61 bits per heavy atom. The highest BCUT2D eigenvalue weighted by Gasteiger charge is 2.47. The van der Waals surface area contributed by atoms with Crippen molar-refractivity contribution in [2.24, 2.45) is 5.41 Å². The first-order valence-corrected chi connectivity index (χ1v) is 6.04. The molecule has 1 saturated carbocycles. The quantitative estimate of drug-likeness (QED) is 0.783. The third-order valence-corrected chi connectivity index (χ3v) is 4.03. The van der Waals surface area contributed by atoms with Crippen LogP contribution in [0.15, 0.2) is 12.3 Å². The predicted octanol–water partition coefficient (Wildman–Crippen LogP) is 2.00. The number of aromatic nitrogens is 1. The Hall–Kier alpha value is -1.33. The highest BCUT2D eigenvalue weighted by atomic mass is 35.5. The lowest BCUT2D eigenvalue weighted by Gasteiger charge is -2.49. The van der Waals surface area contributed by atoms with Crippen LogP contribution in [-0.2, 0) is 0 Å². The fourth-order valence-electron chi connectivity index (χ4n) is 2.02. The third kappa shape index (κ3) is 2.04. The minimum Gasteiger partial charge on any atom is -0.478 e. The van der Waals surface area contributed by atoms with Gasteiger partial charge in [0.05, 0.1) is 16.7 Å². The SMILES string of the molecule is CC1(C)C(O)CC1Nc1nccc(C(=O)O)c1Cl. The maximum Gasteiger partial charge on any atom is 0.337 e. The number of carboxylic acids is 1. The molecule has 1 aromatic heterocycles. The zero-order valence-corrected chi connectivity index (χ0v) is 10.9. The molecule has 3 N–H and O–H groups in total. The smallest absolute Gasteiger partial charge is 0.337 e. The van der Waals surface area contributed by atoms with Crippen molar-refractivity contribution >= 4 is 23.4 Å². The van der Waals surface area contributed by atoms with Gasteiger partial charge in [-0.2, -0.15) is 0 Å². The van der Waals surface area contributed by atoms with Gasteiger partial charge in [0.15, 0.2) is 0 Å². The molecular formula is C12H15ClN2O3. The van der Waals surface area contributed by atoms with Crippen molar-refractivity contribution in [2.75, 3.05) is 5.32 Å². The van der Waals surface area contributed by atoms with Gasteiger partial charge in [0.1, 0.15) is 5.82 Å². The Balaban J connectivity index is 2.21. The summed E-state index contributed by atoms with van der Waals surface area (Å²) < 4.78 is 0. The van der Waals surface area contributed by atoms with Crippen LogP contribution in [0.4, 0.5) is 5.82 Å². The molecule has 1 fully saturated rings. The Labute approximate surface area is 110 Å². The van der Waals surface area contributed by atoms with Gasteiger partial charge in [-0.25, -0.2) is 9.78 Å². The van der Waals surface area contributed by atoms with E-state index in [4.69, 9.17) is 16.7 Å². The van der Waals surface area contributed by atoms with E-state index in [1.54, 1.807) is 0 Å². The summed E-state index contributed by atoms with van der Waals surface area (Å²) in [6, 6.07) is 1.39. The van der Waals surface area contributed by atoms with Crippen molar-refractivity contribution < 1.29 is 15.0 Å². The van der Waals surface area contributed by atoms with Crippen molar-refractivity contribution in [2.45, 2.75) is 32.4 Å². The van der Waals surface area contributed by atoms with Gasteiger partial charge in [-0.15, -0.1) is 0 Å². The molecule has 6 heteroatoms. The molecule has 1 aliphatic rings. The highest BCUT2D eigenvalue weighted by molar-refractivity contribution is 6.35. The number of aliphatic hydroxyl groups is 1. The third-order valence-electron chi connectivity index (χ3n) is 3.65. The second-order valence-corrected chi connectivity index (χ2v) is 5.47. The molecule has 0 spiro atoms. The number of hydrogen-bond acceptors (Lipinski definition) is 4. The first kappa shape index (κ1) is 13.1. The van der Waals surface area contributed by atoms with Gasteiger partial charge in [-0.05, 0) is 12.5 Å². The van der Waals surface area contributed by atoms with Crippen molar-refractivity contribution in [3.63, 3.8) is 0 Å². The number of hydrogen-bond donors (Lipinski definition) is 3. The molecule has 2 atom stereocenters. The van der Waals surface area contributed by atoms with Crippen LogP contribution in [0.2, 0.25) is 5.02 Å². The Morgan fingerprint density at radius 2 is 2.28 bits per heavy atom. The van der Waals surface area contributed by atoms with Crippen LogP contribution in [0, 0.1) is 5.41 Å². The van der Waals surface area contributed by atoms with E-state index in [2.05, 4.69) is 10.3 Å². The van der Waals surface area contributed by atoms with Gasteiger partial charge in [0, 0.05) is 17.7 Å². The molecule has 0 saturated heterocycles. The zero-order valence-electron chi connectivity index (χ0n) is 10.1. The minimum absolute atomic E-state index is 0.0202. The summed E-state index contributed by atoms with van der Waals surface area (Å²) in [5, 5.41) is 21.8. The lowest BCUT2D eigenvalue weighted by atomic mass is 9.64. The summed E-state index contributed by atoms with van der Waals surface area (Å²) in [5.41, 5.74) is -0.253. The lowest BCUT2D eigenvalue weighted by molar-refractivity contribution is -0.0511. The molecule has 2 rings (SSSR count). The Morgan fingerprint density at radius 3 is 2.78 bits per heavy atom. The van der Waals surface area contributed by atoms with Crippen LogP contribution in [0.5, 0.6) is 0 Å². The van der Waals surface area contributed by atoms with Crippen LogP contribution in [0.25, 0.3) is 0 Å². The van der Waals surface area contributed by atoms with E-state index in [-0.39, 0.29) is 28.1 Å². The number of aliphatic hydroxyl groups excluding tert-OH is 1. The van der Waals surface area contributed by atoms with Crippen molar-refractivity contribution in [1.82, 2.24) is 4.98 Å². The van der Waals surface area contributed by atoms with Crippen LogP contribution in [0.3, 0.4) is 0 Å². The van der Waals surface area contributed by atoms with E-state index in [1.807, 2.05) is 13.8 Å². The van der Waals surface area contributed by atoms with Gasteiger partial charge in [-0.1, -0.05) is 25.4 Å². The number of rotatable bonds is 3. The number of pyridine rings is 1. The van der Waals surface area contributed by atoms with E-state index >= 15 is 0 Å². The molecule has 0 amide bonds. The summed E-state index contributed by atoms with van der Waals surface area (Å²) in [4.78, 5) is 15.0. The van der Waals surface area contributed by atoms with E-state index in [1.165, 1.54) is 12.3 Å². The maximum absolute atomic E-state index is 10.9. The van der Waals surface area contributed by atoms with Crippen LogP contribution in [-0.4, -0.2) is 33.3 Å². The summed E-state index contributed by atoms with van der Waals surface area (Å²) in [5.74, 6) is -0.736. The van der Waals surface area contributed by atoms with Crippen LogP contribution in [0.1, 0.15) is 30.6 Å². The summed E-state index contributed by atoms with van der Waals surface area (Å²) in [7, 11) is 0. The molecule has 1 aliphatic carbocycles. The maximum atomic E-state index is 10.9. The molecular weight excluding hydrogens is 256 g/mol. The lowest BCUT2D eigenvalue weighted by Crippen LogP contribution is -2.57. The number of anilines is 1. The van der Waals surface area contributed by atoms with Crippen molar-refractivity contribution in [1.29, 1.82) is 0 Å². The summed E-state index contributed by atoms with van der Waals surface area (Å²) >= 11 is 5.99. The second-order valence-electron chi connectivity index (χ2n) is 5.10. The zero-order chi connectivity index (χ0) is 13.5. The largest absolute Gasteiger partial charge is 0.478 e. The van der Waals surface area contributed by atoms with Gasteiger partial charge in [0.2, 0.25) is 0 Å². The number of halogens is 1. The van der Waals surface area contributed by atoms with E-state index < -0.39 is 5.97 Å². The van der Waals surface area contributed by atoms with Crippen LogP contribution < -0.4 is 5.32 Å². The monoisotopic (exact) mass is 270 g/mol. The molecule has 0 radical (unpaired) electrons. The predicted molar refractivity (Wildman–Crippen MR) is 68.0 cm³/mol. The number of nitrogens with one attached hydrogen (secondary N) is 1. The summed E-state index contributed by atoms with van der Waals surface area (Å²) in [6.45, 7) is 3.88. The first-order valence-electron chi connectivity index (χ1n) is 5.66. The topological polar surface area (TPSA) is 82.5 Å². The number of nitrogens with zero attached hydrogens (tertiary/aromatic N) is 1. The number of aromatic carboxylic acids is 1. The van der Waals surface area contributed by atoms with Gasteiger partial charge >= 0.3 is 5.97 Å². The van der Waals surface area contributed by atoms with E-state index in [0.29, 0.717) is 12.2 Å². The average molecular weight is 271 g/mol. The number of carboxylic acid groups (broad SMARTS) is 1. The van der Waals surface area contributed by atoms with Crippen molar-refractivity contribution in [3.8, 4) is 0 Å². The fraction of sp³-hybridized carbons (Fsp3) is 0.500. The molecule has 0 aromatic carbocycles. The Bertz CT molecular complexity index is 490. The molecule has 98 valence electrons. The van der Waals surface area contributed by atoms with E-state index in [0.717, 1.165) is 0 Å². The molecule has 1 heterocycles. The highest BCUT2D eigenvalue weighted by Crippen LogP contribution is 2.42. The molecule has 0 bridgehead atoms. The second kappa shape index (κ2) is 4.40. The molecule has 2 unspecified atom stereocenters. The van der Waals surface area contributed by atoms with Gasteiger partial charge in [-0.3, -0.25) is 0 Å². The fourth-order valence-corrected chi connectivity index (χ4v) is 2.27. The minimum atomic E-state index is -1.08. The van der Waals surface area contributed by atoms with Crippen molar-refractivity contribution in [3.05, 3.63) is 22.8 Å². The average Bonchev–Trinajstić information content (AvgIpc) is 2.30. The van der Waals surface area contributed by atoms with Gasteiger partial charge < -0.3 is 15.5 Å². The molecule has 0 aliphatic heterocycles. The molecule has 1 aromatic rings. The molecule has 5 nitrogen and oxygen atoms in total.